The van der Waals surface area contributed by atoms with Crippen molar-refractivity contribution in [3.8, 4) is 0 Å². The molecule has 0 heteroatoms. The zero-order valence-corrected chi connectivity index (χ0v) is 7.77. The van der Waals surface area contributed by atoms with E-state index < -0.39 is 0 Å². The number of rotatable bonds is 0. The summed E-state index contributed by atoms with van der Waals surface area (Å²) in [5.41, 5.74) is 6.21. The first-order chi connectivity index (χ1) is 6.97. The topological polar surface area (TPSA) is 0 Å². The van der Waals surface area contributed by atoms with Gasteiger partial charge < -0.3 is 0 Å². The van der Waals surface area contributed by atoms with E-state index in [0.717, 1.165) is 11.8 Å². The van der Waals surface area contributed by atoms with Crippen molar-refractivity contribution in [1.82, 2.24) is 0 Å². The Morgan fingerprint density at radius 2 is 0.786 bits per heavy atom. The first-order valence-electron chi connectivity index (χ1n) is 5.14. The Hall–Kier alpha value is -1.56. The van der Waals surface area contributed by atoms with Crippen LogP contribution in [0.4, 0.5) is 0 Å². The molecule has 66 valence electrons. The quantitative estimate of drug-likeness (QED) is 0.580. The third-order valence-corrected chi connectivity index (χ3v) is 3.67. The molecule has 0 aliphatic heterocycles. The molecule has 0 saturated heterocycles. The van der Waals surface area contributed by atoms with Crippen LogP contribution in [-0.4, -0.2) is 0 Å². The van der Waals surface area contributed by atoms with Crippen molar-refractivity contribution in [2.75, 3.05) is 0 Å². The van der Waals surface area contributed by atoms with Gasteiger partial charge in [0.05, 0.1) is 0 Å². The van der Waals surface area contributed by atoms with Crippen molar-refractivity contribution in [2.45, 2.75) is 11.8 Å². The Labute approximate surface area is 83.2 Å². The predicted molar refractivity (Wildman–Crippen MR) is 56.6 cm³/mol. The van der Waals surface area contributed by atoms with Crippen molar-refractivity contribution in [3.63, 3.8) is 0 Å². The van der Waals surface area contributed by atoms with E-state index in [1.165, 1.54) is 0 Å². The SMILES string of the molecule is c1ccc2c(c1)C1c3ccccc3C21. The Bertz CT molecular complexity index is 430. The molecular weight excluding hydrogens is 168 g/mol. The van der Waals surface area contributed by atoms with Crippen LogP contribution in [-0.2, 0) is 0 Å². The summed E-state index contributed by atoms with van der Waals surface area (Å²) in [5.74, 6) is 1.45. The van der Waals surface area contributed by atoms with Crippen molar-refractivity contribution >= 4 is 0 Å². The number of hydrogen-bond donors (Lipinski definition) is 0. The van der Waals surface area contributed by atoms with E-state index in [0.29, 0.717) is 0 Å². The molecule has 0 amide bonds. The highest BCUT2D eigenvalue weighted by molar-refractivity contribution is 5.66. The van der Waals surface area contributed by atoms with E-state index in [-0.39, 0.29) is 0 Å². The van der Waals surface area contributed by atoms with Crippen LogP contribution in [0.25, 0.3) is 0 Å². The molecule has 0 bridgehead atoms. The second-order valence-electron chi connectivity index (χ2n) is 4.21. The van der Waals surface area contributed by atoms with Gasteiger partial charge in [-0.1, -0.05) is 48.5 Å². The van der Waals surface area contributed by atoms with Gasteiger partial charge in [0.2, 0.25) is 0 Å². The third kappa shape index (κ3) is 0.569. The molecule has 0 saturated carbocycles. The second-order valence-corrected chi connectivity index (χ2v) is 4.21. The molecule has 4 rings (SSSR count). The minimum Gasteiger partial charge on any atom is -0.0620 e. The third-order valence-electron chi connectivity index (χ3n) is 3.67. The molecule has 0 unspecified atom stereocenters. The Kier molecular flexibility index (Phi) is 1.02. The van der Waals surface area contributed by atoms with Gasteiger partial charge in [-0.05, 0) is 22.3 Å². The first kappa shape index (κ1) is 6.83. The maximum Gasteiger partial charge on any atom is 0.0205 e. The van der Waals surface area contributed by atoms with E-state index in [4.69, 9.17) is 0 Å². The maximum atomic E-state index is 2.27. The van der Waals surface area contributed by atoms with E-state index in [9.17, 15) is 0 Å². The summed E-state index contributed by atoms with van der Waals surface area (Å²) in [6.45, 7) is 0. The molecule has 0 aromatic heterocycles. The lowest BCUT2D eigenvalue weighted by Crippen LogP contribution is -2.35. The molecule has 0 heterocycles. The number of fused-ring (bicyclic) bond motifs is 7. The molecule has 0 radical (unpaired) electrons. The molecule has 2 aliphatic rings. The van der Waals surface area contributed by atoms with Crippen LogP contribution in [0.3, 0.4) is 0 Å². The monoisotopic (exact) mass is 178 g/mol. The molecule has 0 atom stereocenters. The fourth-order valence-corrected chi connectivity index (χ4v) is 3.02. The Morgan fingerprint density at radius 1 is 0.500 bits per heavy atom. The van der Waals surface area contributed by atoms with Crippen LogP contribution in [0.5, 0.6) is 0 Å². The minimum atomic E-state index is 0.724. The van der Waals surface area contributed by atoms with Crippen LogP contribution in [0.15, 0.2) is 48.5 Å². The van der Waals surface area contributed by atoms with Crippen LogP contribution in [0.1, 0.15) is 34.1 Å². The fraction of sp³-hybridized carbons (Fsp3) is 0.143. The van der Waals surface area contributed by atoms with Gasteiger partial charge in [-0.2, -0.15) is 0 Å². The minimum absolute atomic E-state index is 0.724. The van der Waals surface area contributed by atoms with E-state index in [1.807, 2.05) is 0 Å². The fourth-order valence-electron chi connectivity index (χ4n) is 3.02. The lowest BCUT2D eigenvalue weighted by molar-refractivity contribution is 0.529. The molecule has 0 nitrogen and oxygen atoms in total. The van der Waals surface area contributed by atoms with Gasteiger partial charge >= 0.3 is 0 Å². The molecule has 2 aromatic rings. The highest BCUT2D eigenvalue weighted by Crippen LogP contribution is 2.62. The van der Waals surface area contributed by atoms with E-state index >= 15 is 0 Å². The van der Waals surface area contributed by atoms with Crippen LogP contribution in [0.2, 0.25) is 0 Å². The summed E-state index contributed by atoms with van der Waals surface area (Å²) < 4.78 is 0. The molecule has 0 fully saturated rings. The molecule has 0 N–H and O–H groups in total. The van der Waals surface area contributed by atoms with Crippen LogP contribution < -0.4 is 0 Å². The zero-order chi connectivity index (χ0) is 9.12. The molecule has 2 aromatic carbocycles. The Balaban J connectivity index is 1.96. The molecule has 0 spiro atoms. The van der Waals surface area contributed by atoms with Crippen molar-refractivity contribution < 1.29 is 0 Å². The van der Waals surface area contributed by atoms with E-state index in [1.54, 1.807) is 22.3 Å². The number of hydrogen-bond acceptors (Lipinski definition) is 0. The molecule has 14 heavy (non-hydrogen) atoms. The van der Waals surface area contributed by atoms with Gasteiger partial charge in [0.25, 0.3) is 0 Å². The normalized spacial score (nSPS) is 25.1. The van der Waals surface area contributed by atoms with Crippen LogP contribution in [0, 0.1) is 0 Å². The lowest BCUT2D eigenvalue weighted by atomic mass is 9.53. The molecule has 2 aliphatic carbocycles. The van der Waals surface area contributed by atoms with Gasteiger partial charge in [0.1, 0.15) is 0 Å². The summed E-state index contributed by atoms with van der Waals surface area (Å²) in [4.78, 5) is 0. The summed E-state index contributed by atoms with van der Waals surface area (Å²) in [5, 5.41) is 0. The van der Waals surface area contributed by atoms with Crippen molar-refractivity contribution in [3.05, 3.63) is 70.8 Å². The summed E-state index contributed by atoms with van der Waals surface area (Å²) in [6, 6.07) is 17.7. The zero-order valence-electron chi connectivity index (χ0n) is 7.77. The summed E-state index contributed by atoms with van der Waals surface area (Å²) in [6.07, 6.45) is 0. The average Bonchev–Trinajstić information content (AvgIpc) is 2.17. The highest BCUT2D eigenvalue weighted by atomic mass is 14.5. The van der Waals surface area contributed by atoms with Crippen molar-refractivity contribution in [1.29, 1.82) is 0 Å². The van der Waals surface area contributed by atoms with Crippen LogP contribution >= 0.6 is 0 Å². The molecular formula is C14H10. The summed E-state index contributed by atoms with van der Waals surface area (Å²) in [7, 11) is 0. The lowest BCUT2D eigenvalue weighted by Gasteiger charge is -2.50. The largest absolute Gasteiger partial charge is 0.0620 e. The average molecular weight is 178 g/mol. The van der Waals surface area contributed by atoms with Gasteiger partial charge in [-0.15, -0.1) is 0 Å². The van der Waals surface area contributed by atoms with Gasteiger partial charge in [-0.3, -0.25) is 0 Å². The Morgan fingerprint density at radius 3 is 1.07 bits per heavy atom. The van der Waals surface area contributed by atoms with Gasteiger partial charge in [0, 0.05) is 11.8 Å². The summed E-state index contributed by atoms with van der Waals surface area (Å²) >= 11 is 0. The van der Waals surface area contributed by atoms with Gasteiger partial charge in [0.15, 0.2) is 0 Å². The van der Waals surface area contributed by atoms with Gasteiger partial charge in [-0.25, -0.2) is 0 Å². The number of benzene rings is 2. The predicted octanol–water partition coefficient (Wildman–Crippen LogP) is 3.28. The van der Waals surface area contributed by atoms with Crippen molar-refractivity contribution in [2.24, 2.45) is 0 Å². The highest BCUT2D eigenvalue weighted by Gasteiger charge is 2.48. The maximum absolute atomic E-state index is 2.27. The first-order valence-corrected chi connectivity index (χ1v) is 5.14. The van der Waals surface area contributed by atoms with E-state index in [2.05, 4.69) is 48.5 Å². The smallest absolute Gasteiger partial charge is 0.0205 e. The standard InChI is InChI=1S/C14H10/c1-2-6-10-9(5-1)13-11-7-3-4-8-12(11)14(10)13/h1-8,13-14H. The second kappa shape index (κ2) is 2.09.